The van der Waals surface area contributed by atoms with Gasteiger partial charge in [-0.3, -0.25) is 9.59 Å². The lowest BCUT2D eigenvalue weighted by Crippen LogP contribution is -2.45. The van der Waals surface area contributed by atoms with Crippen molar-refractivity contribution in [2.24, 2.45) is 0 Å². The van der Waals surface area contributed by atoms with Crippen LogP contribution in [0, 0.1) is 0 Å². The Balaban J connectivity index is 3.32. The zero-order valence-corrected chi connectivity index (χ0v) is 51.3. The van der Waals surface area contributed by atoms with Crippen molar-refractivity contribution in [2.75, 3.05) is 13.2 Å². The molecule has 0 fully saturated rings. The SMILES string of the molecule is CCCC/C=C\C/C=C\CCCCCCCC(=O)OCCCCCCCCCCCCCCCCCCCCCCCCCCCCCCCCCCCC(=O)NC(CO)C(O)/C=C/CCCCCCCCCCCC. The first-order valence-corrected chi connectivity index (χ1v) is 34.3. The van der Waals surface area contributed by atoms with Crippen LogP contribution in [0.3, 0.4) is 0 Å². The number of amides is 1. The number of carbonyl (C=O) groups is 2. The molecule has 0 bridgehead atoms. The lowest BCUT2D eigenvalue weighted by atomic mass is 10.0. The van der Waals surface area contributed by atoms with Gasteiger partial charge in [0, 0.05) is 12.8 Å². The van der Waals surface area contributed by atoms with E-state index >= 15 is 0 Å². The summed E-state index contributed by atoms with van der Waals surface area (Å²) >= 11 is 0. The fraction of sp³-hybridized carbons (Fsp3) is 0.886. The maximum absolute atomic E-state index is 12.5. The van der Waals surface area contributed by atoms with Gasteiger partial charge in [-0.25, -0.2) is 0 Å². The Bertz CT molecular complexity index is 1230. The standard InChI is InChI=1S/C70H133NO5/c1-3-5-7-9-11-13-15-17-40-44-48-52-56-60-64-70(75)76-65-61-57-53-49-45-41-38-36-34-32-30-28-26-24-22-20-18-19-21-23-25-27-29-31-33-35-37-39-43-47-51-55-59-63-69(74)71-67(66-72)68(73)62-58-54-50-46-42-16-14-12-10-8-6-4-2/h9,11,15,17,58,62,67-68,72-73H,3-8,10,12-14,16,18-57,59-61,63-66H2,1-2H3,(H,71,74)/b11-9-,17-15-,62-58+. The molecule has 0 aromatic rings. The van der Waals surface area contributed by atoms with Gasteiger partial charge >= 0.3 is 5.97 Å². The minimum absolute atomic E-state index is 0.00684. The Labute approximate surface area is 474 Å². The maximum Gasteiger partial charge on any atom is 0.305 e. The number of unbranched alkanes of at least 4 members (excludes halogenated alkanes) is 49. The largest absolute Gasteiger partial charge is 0.466 e. The number of aliphatic hydroxyl groups excluding tert-OH is 2. The molecule has 0 spiro atoms. The summed E-state index contributed by atoms with van der Waals surface area (Å²) in [6.45, 7) is 4.87. The number of esters is 1. The van der Waals surface area contributed by atoms with Gasteiger partial charge in [-0.2, -0.15) is 0 Å². The van der Waals surface area contributed by atoms with E-state index in [1.165, 1.54) is 295 Å². The highest BCUT2D eigenvalue weighted by molar-refractivity contribution is 5.76. The van der Waals surface area contributed by atoms with Crippen LogP contribution >= 0.6 is 0 Å². The second-order valence-electron chi connectivity index (χ2n) is 23.5. The zero-order chi connectivity index (χ0) is 55.0. The van der Waals surface area contributed by atoms with E-state index in [1.54, 1.807) is 6.08 Å². The molecular weight excluding hydrogens is 935 g/mol. The Morgan fingerprint density at radius 3 is 1.04 bits per heavy atom. The van der Waals surface area contributed by atoms with Crippen LogP contribution in [0.1, 0.15) is 373 Å². The minimum Gasteiger partial charge on any atom is -0.466 e. The molecule has 0 saturated carbocycles. The number of ether oxygens (including phenoxy) is 1. The third kappa shape index (κ3) is 61.3. The van der Waals surface area contributed by atoms with Crippen LogP contribution in [0.4, 0.5) is 0 Å². The highest BCUT2D eigenvalue weighted by Gasteiger charge is 2.18. The Morgan fingerprint density at radius 2 is 0.671 bits per heavy atom. The Hall–Kier alpha value is -1.92. The summed E-state index contributed by atoms with van der Waals surface area (Å²) in [5.74, 6) is -0.0558. The average molecular weight is 1070 g/mol. The van der Waals surface area contributed by atoms with Crippen LogP contribution in [-0.4, -0.2) is 47.4 Å². The topological polar surface area (TPSA) is 95.9 Å². The molecule has 76 heavy (non-hydrogen) atoms. The van der Waals surface area contributed by atoms with Gasteiger partial charge in [-0.15, -0.1) is 0 Å². The summed E-state index contributed by atoms with van der Waals surface area (Å²) in [5.41, 5.74) is 0. The van der Waals surface area contributed by atoms with E-state index in [9.17, 15) is 19.8 Å². The van der Waals surface area contributed by atoms with Gasteiger partial charge in [0.05, 0.1) is 25.4 Å². The van der Waals surface area contributed by atoms with Crippen molar-refractivity contribution in [1.82, 2.24) is 5.32 Å². The minimum atomic E-state index is -0.840. The third-order valence-corrected chi connectivity index (χ3v) is 15.9. The van der Waals surface area contributed by atoms with Gasteiger partial charge in [-0.05, 0) is 57.8 Å². The normalized spacial score (nSPS) is 12.7. The van der Waals surface area contributed by atoms with Crippen molar-refractivity contribution in [2.45, 2.75) is 386 Å². The first kappa shape index (κ1) is 74.1. The van der Waals surface area contributed by atoms with Gasteiger partial charge < -0.3 is 20.3 Å². The summed E-state index contributed by atoms with van der Waals surface area (Å²) in [6.07, 6.45) is 83.7. The van der Waals surface area contributed by atoms with Gasteiger partial charge in [0.15, 0.2) is 0 Å². The zero-order valence-electron chi connectivity index (χ0n) is 51.3. The molecule has 6 heteroatoms. The van der Waals surface area contributed by atoms with E-state index in [1.807, 2.05) is 6.08 Å². The molecule has 1 amide bonds. The smallest absolute Gasteiger partial charge is 0.305 e. The van der Waals surface area contributed by atoms with Crippen LogP contribution in [0.5, 0.6) is 0 Å². The molecule has 2 atom stereocenters. The summed E-state index contributed by atoms with van der Waals surface area (Å²) in [5, 5.41) is 23.1. The summed E-state index contributed by atoms with van der Waals surface area (Å²) in [4.78, 5) is 24.5. The van der Waals surface area contributed by atoms with Crippen molar-refractivity contribution < 1.29 is 24.5 Å². The molecule has 0 aliphatic heterocycles. The van der Waals surface area contributed by atoms with E-state index in [2.05, 4.69) is 43.5 Å². The van der Waals surface area contributed by atoms with Crippen LogP contribution in [0.25, 0.3) is 0 Å². The molecule has 0 heterocycles. The molecule has 0 aromatic carbocycles. The van der Waals surface area contributed by atoms with Crippen LogP contribution in [-0.2, 0) is 14.3 Å². The van der Waals surface area contributed by atoms with Crippen LogP contribution < -0.4 is 5.32 Å². The van der Waals surface area contributed by atoms with Crippen molar-refractivity contribution in [3.63, 3.8) is 0 Å². The highest BCUT2D eigenvalue weighted by atomic mass is 16.5. The third-order valence-electron chi connectivity index (χ3n) is 15.9. The van der Waals surface area contributed by atoms with Crippen molar-refractivity contribution in [1.29, 1.82) is 0 Å². The van der Waals surface area contributed by atoms with Crippen molar-refractivity contribution in [3.8, 4) is 0 Å². The molecule has 2 unspecified atom stereocenters. The van der Waals surface area contributed by atoms with Gasteiger partial charge in [0.25, 0.3) is 0 Å². The number of allylic oxidation sites excluding steroid dienone is 5. The van der Waals surface area contributed by atoms with Crippen LogP contribution in [0.15, 0.2) is 36.5 Å². The van der Waals surface area contributed by atoms with E-state index in [0.717, 1.165) is 51.4 Å². The lowest BCUT2D eigenvalue weighted by molar-refractivity contribution is -0.143. The van der Waals surface area contributed by atoms with Crippen LogP contribution in [0.2, 0.25) is 0 Å². The summed E-state index contributed by atoms with van der Waals surface area (Å²) in [6, 6.07) is -0.623. The first-order valence-electron chi connectivity index (χ1n) is 34.3. The molecule has 0 radical (unpaired) electrons. The van der Waals surface area contributed by atoms with E-state index in [4.69, 9.17) is 4.74 Å². The molecule has 0 aliphatic carbocycles. The molecule has 448 valence electrons. The number of hydrogen-bond acceptors (Lipinski definition) is 5. The molecule has 0 aliphatic rings. The van der Waals surface area contributed by atoms with E-state index < -0.39 is 12.1 Å². The number of carbonyl (C=O) groups excluding carboxylic acids is 2. The van der Waals surface area contributed by atoms with E-state index in [-0.39, 0.29) is 18.5 Å². The van der Waals surface area contributed by atoms with Crippen molar-refractivity contribution in [3.05, 3.63) is 36.5 Å². The monoisotopic (exact) mass is 1070 g/mol. The predicted octanol–water partition coefficient (Wildman–Crippen LogP) is 21.9. The van der Waals surface area contributed by atoms with Crippen molar-refractivity contribution >= 4 is 11.9 Å². The molecule has 0 saturated heterocycles. The predicted molar refractivity (Wildman–Crippen MR) is 333 cm³/mol. The second kappa shape index (κ2) is 65.6. The average Bonchev–Trinajstić information content (AvgIpc) is 3.42. The van der Waals surface area contributed by atoms with Gasteiger partial charge in [0.2, 0.25) is 5.91 Å². The second-order valence-corrected chi connectivity index (χ2v) is 23.5. The maximum atomic E-state index is 12.5. The highest BCUT2D eigenvalue weighted by Crippen LogP contribution is 2.19. The fourth-order valence-electron chi connectivity index (χ4n) is 10.7. The lowest BCUT2D eigenvalue weighted by Gasteiger charge is -2.20. The van der Waals surface area contributed by atoms with Gasteiger partial charge in [0.1, 0.15) is 0 Å². The summed E-state index contributed by atoms with van der Waals surface area (Å²) in [7, 11) is 0. The quantitative estimate of drug-likeness (QED) is 0.0320. The molecule has 3 N–H and O–H groups in total. The molecule has 0 rings (SSSR count). The number of hydrogen-bond donors (Lipinski definition) is 3. The number of rotatable bonds is 64. The Kier molecular flexibility index (Phi) is 63.9. The molecule has 6 nitrogen and oxygen atoms in total. The fourth-order valence-corrected chi connectivity index (χ4v) is 10.7. The number of nitrogens with one attached hydrogen (secondary N) is 1. The van der Waals surface area contributed by atoms with Gasteiger partial charge in [-0.1, -0.05) is 339 Å². The number of aliphatic hydroxyl groups is 2. The molecular formula is C70H133NO5. The molecule has 0 aromatic heterocycles. The van der Waals surface area contributed by atoms with E-state index in [0.29, 0.717) is 19.4 Å². The first-order chi connectivity index (χ1) is 37.5. The Morgan fingerprint density at radius 1 is 0.368 bits per heavy atom. The summed E-state index contributed by atoms with van der Waals surface area (Å²) < 4.78 is 5.48.